The summed E-state index contributed by atoms with van der Waals surface area (Å²) in [6, 6.07) is 17.0. The molecule has 1 aliphatic heterocycles. The first-order chi connectivity index (χ1) is 14.2. The number of ether oxygens (including phenoxy) is 1. The molecule has 0 unspecified atom stereocenters. The molecule has 0 saturated carbocycles. The maximum Gasteiger partial charge on any atom is 0.242 e. The number of benzene rings is 2. The van der Waals surface area contributed by atoms with Gasteiger partial charge in [0.15, 0.2) is 0 Å². The van der Waals surface area contributed by atoms with E-state index in [1.54, 1.807) is 16.8 Å². The first kappa shape index (κ1) is 19.3. The average molecular weight is 392 g/mol. The SMILES string of the molecule is O=C(Cn1ncc(=O)c2ccccc21)N[C@H](CN1CCOCC1)c1ccccc1. The molecule has 7 nitrogen and oxygen atoms in total. The average Bonchev–Trinajstić information content (AvgIpc) is 2.77. The van der Waals surface area contributed by atoms with E-state index in [2.05, 4.69) is 15.3 Å². The zero-order valence-electron chi connectivity index (χ0n) is 16.2. The van der Waals surface area contributed by atoms with Gasteiger partial charge in [0.05, 0.1) is 31.0 Å². The number of rotatable bonds is 6. The van der Waals surface area contributed by atoms with Crippen LogP contribution in [0.3, 0.4) is 0 Å². The van der Waals surface area contributed by atoms with Crippen molar-refractivity contribution in [3.8, 4) is 0 Å². The molecule has 0 spiro atoms. The molecule has 2 aromatic carbocycles. The van der Waals surface area contributed by atoms with E-state index in [9.17, 15) is 9.59 Å². The van der Waals surface area contributed by atoms with Crippen molar-refractivity contribution in [3.63, 3.8) is 0 Å². The lowest BCUT2D eigenvalue weighted by Crippen LogP contribution is -2.43. The molecule has 150 valence electrons. The number of carbonyl (C=O) groups excluding carboxylic acids is 1. The molecule has 1 atom stereocenters. The predicted molar refractivity (Wildman–Crippen MR) is 111 cm³/mol. The Morgan fingerprint density at radius 3 is 2.59 bits per heavy atom. The summed E-state index contributed by atoms with van der Waals surface area (Å²) >= 11 is 0. The van der Waals surface area contributed by atoms with Crippen LogP contribution in [-0.4, -0.2) is 53.4 Å². The Morgan fingerprint density at radius 2 is 1.79 bits per heavy atom. The minimum Gasteiger partial charge on any atom is -0.379 e. The summed E-state index contributed by atoms with van der Waals surface area (Å²) in [4.78, 5) is 27.2. The van der Waals surface area contributed by atoms with E-state index in [0.29, 0.717) is 24.1 Å². The van der Waals surface area contributed by atoms with Crippen LogP contribution in [0.25, 0.3) is 10.9 Å². The van der Waals surface area contributed by atoms with E-state index in [-0.39, 0.29) is 23.9 Å². The van der Waals surface area contributed by atoms with Crippen molar-refractivity contribution in [2.45, 2.75) is 12.6 Å². The number of hydrogen-bond acceptors (Lipinski definition) is 5. The fraction of sp³-hybridized carbons (Fsp3) is 0.318. The molecule has 1 fully saturated rings. The normalized spacial score (nSPS) is 15.9. The number of carbonyl (C=O) groups is 1. The van der Waals surface area contributed by atoms with Crippen molar-refractivity contribution in [1.29, 1.82) is 0 Å². The van der Waals surface area contributed by atoms with Crippen molar-refractivity contribution < 1.29 is 9.53 Å². The van der Waals surface area contributed by atoms with Crippen molar-refractivity contribution in [3.05, 3.63) is 76.6 Å². The molecule has 1 amide bonds. The predicted octanol–water partition coefficient (Wildman–Crippen LogP) is 1.59. The Morgan fingerprint density at radius 1 is 1.07 bits per heavy atom. The Labute approximate surface area is 168 Å². The number of hydrogen-bond donors (Lipinski definition) is 1. The number of nitrogens with zero attached hydrogens (tertiary/aromatic N) is 3. The van der Waals surface area contributed by atoms with Gasteiger partial charge in [-0.25, -0.2) is 0 Å². The van der Waals surface area contributed by atoms with Crippen LogP contribution in [0.1, 0.15) is 11.6 Å². The van der Waals surface area contributed by atoms with Gasteiger partial charge in [-0.2, -0.15) is 5.10 Å². The van der Waals surface area contributed by atoms with Crippen molar-refractivity contribution in [2.24, 2.45) is 0 Å². The van der Waals surface area contributed by atoms with Gasteiger partial charge in [0, 0.05) is 25.0 Å². The van der Waals surface area contributed by atoms with Gasteiger partial charge in [-0.05, 0) is 17.7 Å². The van der Waals surface area contributed by atoms with Gasteiger partial charge in [0.2, 0.25) is 11.3 Å². The van der Waals surface area contributed by atoms with Crippen LogP contribution in [0.15, 0.2) is 65.6 Å². The zero-order valence-corrected chi connectivity index (χ0v) is 16.2. The van der Waals surface area contributed by atoms with Gasteiger partial charge >= 0.3 is 0 Å². The molecule has 7 heteroatoms. The lowest BCUT2D eigenvalue weighted by Gasteiger charge is -2.31. The highest BCUT2D eigenvalue weighted by atomic mass is 16.5. The standard InChI is InChI=1S/C22H24N4O3/c27-21-14-23-26(20-9-5-4-8-18(20)21)16-22(28)24-19(17-6-2-1-3-7-17)15-25-10-12-29-13-11-25/h1-9,14,19H,10-13,15-16H2,(H,24,28)/t19-/m1/s1. The third-order valence-corrected chi connectivity index (χ3v) is 5.14. The molecule has 0 bridgehead atoms. The molecule has 2 heterocycles. The molecule has 0 radical (unpaired) electrons. The van der Waals surface area contributed by atoms with E-state index < -0.39 is 0 Å². The fourth-order valence-electron chi connectivity index (χ4n) is 3.62. The smallest absolute Gasteiger partial charge is 0.242 e. The van der Waals surface area contributed by atoms with Gasteiger partial charge in [-0.1, -0.05) is 42.5 Å². The van der Waals surface area contributed by atoms with Crippen LogP contribution in [-0.2, 0) is 16.1 Å². The van der Waals surface area contributed by atoms with Crippen molar-refractivity contribution in [2.75, 3.05) is 32.8 Å². The zero-order chi connectivity index (χ0) is 20.1. The number of fused-ring (bicyclic) bond motifs is 1. The van der Waals surface area contributed by atoms with E-state index in [1.165, 1.54) is 6.20 Å². The molecule has 4 rings (SSSR count). The monoisotopic (exact) mass is 392 g/mol. The Hall–Kier alpha value is -3.03. The van der Waals surface area contributed by atoms with Gasteiger partial charge in [0.1, 0.15) is 6.54 Å². The van der Waals surface area contributed by atoms with Crippen molar-refractivity contribution >= 4 is 16.8 Å². The van der Waals surface area contributed by atoms with E-state index in [1.807, 2.05) is 42.5 Å². The van der Waals surface area contributed by atoms with Gasteiger partial charge in [-0.15, -0.1) is 0 Å². The first-order valence-electron chi connectivity index (χ1n) is 9.80. The molecular weight excluding hydrogens is 368 g/mol. The molecule has 29 heavy (non-hydrogen) atoms. The van der Waals surface area contributed by atoms with E-state index in [4.69, 9.17) is 4.74 Å². The van der Waals surface area contributed by atoms with Crippen LogP contribution in [0.5, 0.6) is 0 Å². The lowest BCUT2D eigenvalue weighted by molar-refractivity contribution is -0.122. The molecule has 1 aromatic heterocycles. The molecule has 0 aliphatic carbocycles. The Balaban J connectivity index is 1.52. The van der Waals surface area contributed by atoms with Crippen LogP contribution in [0.2, 0.25) is 0 Å². The largest absolute Gasteiger partial charge is 0.379 e. The second-order valence-corrected chi connectivity index (χ2v) is 7.13. The molecule has 1 N–H and O–H groups in total. The van der Waals surface area contributed by atoms with Crippen LogP contribution in [0, 0.1) is 0 Å². The van der Waals surface area contributed by atoms with Crippen molar-refractivity contribution in [1.82, 2.24) is 20.0 Å². The lowest BCUT2D eigenvalue weighted by atomic mass is 10.1. The molecular formula is C22H24N4O3. The first-order valence-corrected chi connectivity index (χ1v) is 9.80. The highest BCUT2D eigenvalue weighted by molar-refractivity contribution is 5.81. The van der Waals surface area contributed by atoms with Crippen LogP contribution >= 0.6 is 0 Å². The number of amides is 1. The second kappa shape index (κ2) is 8.98. The number of aromatic nitrogens is 2. The highest BCUT2D eigenvalue weighted by Crippen LogP contribution is 2.16. The summed E-state index contributed by atoms with van der Waals surface area (Å²) in [7, 11) is 0. The number of nitrogens with one attached hydrogen (secondary N) is 1. The summed E-state index contributed by atoms with van der Waals surface area (Å²) in [5, 5.41) is 7.87. The fourth-order valence-corrected chi connectivity index (χ4v) is 3.62. The van der Waals surface area contributed by atoms with Crippen LogP contribution < -0.4 is 10.7 Å². The highest BCUT2D eigenvalue weighted by Gasteiger charge is 2.20. The second-order valence-electron chi connectivity index (χ2n) is 7.13. The summed E-state index contributed by atoms with van der Waals surface area (Å²) in [5.41, 5.74) is 1.57. The summed E-state index contributed by atoms with van der Waals surface area (Å²) < 4.78 is 7.00. The number of morpholine rings is 1. The van der Waals surface area contributed by atoms with E-state index in [0.717, 1.165) is 25.2 Å². The minimum absolute atomic E-state index is 0.0488. The third-order valence-electron chi connectivity index (χ3n) is 5.14. The molecule has 3 aromatic rings. The Kier molecular flexibility index (Phi) is 5.97. The Bertz CT molecular complexity index is 1030. The summed E-state index contributed by atoms with van der Waals surface area (Å²) in [6.45, 7) is 3.90. The molecule has 1 aliphatic rings. The third kappa shape index (κ3) is 4.70. The van der Waals surface area contributed by atoms with Crippen LogP contribution in [0.4, 0.5) is 0 Å². The maximum absolute atomic E-state index is 12.9. The minimum atomic E-state index is -0.147. The maximum atomic E-state index is 12.9. The summed E-state index contributed by atoms with van der Waals surface area (Å²) in [5.74, 6) is -0.145. The quantitative estimate of drug-likeness (QED) is 0.689. The van der Waals surface area contributed by atoms with Gasteiger partial charge in [0.25, 0.3) is 0 Å². The number of para-hydroxylation sites is 1. The van der Waals surface area contributed by atoms with Gasteiger partial charge < -0.3 is 10.1 Å². The topological polar surface area (TPSA) is 76.5 Å². The van der Waals surface area contributed by atoms with Gasteiger partial charge in [-0.3, -0.25) is 19.2 Å². The molecule has 1 saturated heterocycles. The van der Waals surface area contributed by atoms with E-state index >= 15 is 0 Å². The summed E-state index contributed by atoms with van der Waals surface area (Å²) in [6.07, 6.45) is 1.26.